The summed E-state index contributed by atoms with van der Waals surface area (Å²) in [5, 5.41) is 0.0346. The van der Waals surface area contributed by atoms with E-state index in [-0.39, 0.29) is 28.8 Å². The number of Topliss-reactive ketones (excluding diaryl/α,β-unsaturated/α-hetero) is 1. The summed E-state index contributed by atoms with van der Waals surface area (Å²) in [7, 11) is -0.783. The van der Waals surface area contributed by atoms with Gasteiger partial charge in [-0.3, -0.25) is 4.79 Å². The predicted octanol–water partition coefficient (Wildman–Crippen LogP) is 6.97. The van der Waals surface area contributed by atoms with Gasteiger partial charge in [-0.15, -0.1) is 0 Å². The fourth-order valence-electron chi connectivity index (χ4n) is 3.83. The smallest absolute Gasteiger partial charge is 0.330 e. The van der Waals surface area contributed by atoms with E-state index in [0.717, 1.165) is 12.8 Å². The number of ketones is 1. The van der Waals surface area contributed by atoms with Crippen LogP contribution >= 0.6 is 0 Å². The lowest BCUT2D eigenvalue weighted by Gasteiger charge is -2.43. The second-order valence-electron chi connectivity index (χ2n) is 11.7. The highest BCUT2D eigenvalue weighted by Gasteiger charge is 2.44. The second kappa shape index (κ2) is 13.5. The van der Waals surface area contributed by atoms with Crippen LogP contribution in [-0.4, -0.2) is 39.9 Å². The van der Waals surface area contributed by atoms with Crippen LogP contribution < -0.4 is 0 Å². The zero-order valence-corrected chi connectivity index (χ0v) is 24.6. The zero-order valence-electron chi connectivity index (χ0n) is 23.6. The minimum Gasteiger partial charge on any atom is -0.466 e. The molecule has 0 radical (unpaired) electrons. The molecule has 35 heavy (non-hydrogen) atoms. The Balaban J connectivity index is 2.93. The van der Waals surface area contributed by atoms with Crippen molar-refractivity contribution in [2.45, 2.75) is 92.2 Å². The highest BCUT2D eigenvalue weighted by molar-refractivity contribution is 6.74. The highest BCUT2D eigenvalue weighted by Crippen LogP contribution is 2.40. The number of carbonyl (C=O) groups is 2. The minimum absolute atomic E-state index is 0.0346. The zero-order chi connectivity index (χ0) is 26.9. The third-order valence-electron chi connectivity index (χ3n) is 7.24. The van der Waals surface area contributed by atoms with Crippen LogP contribution in [0.3, 0.4) is 0 Å². The molecule has 0 bridgehead atoms. The molecule has 1 rings (SSSR count). The summed E-state index contributed by atoms with van der Waals surface area (Å²) in [5.74, 6) is -0.532. The fourth-order valence-corrected chi connectivity index (χ4v) is 5.30. The minimum atomic E-state index is -2.11. The molecule has 1 aromatic carbocycles. The van der Waals surface area contributed by atoms with E-state index in [4.69, 9.17) is 13.9 Å². The average Bonchev–Trinajstić information content (AvgIpc) is 2.79. The summed E-state index contributed by atoms with van der Waals surface area (Å²) in [5.41, 5.74) is 0.363. The fraction of sp³-hybridized carbons (Fsp3) is 0.655. The molecule has 0 aromatic heterocycles. The second-order valence-corrected chi connectivity index (χ2v) is 16.5. The maximum Gasteiger partial charge on any atom is 0.330 e. The first-order valence-corrected chi connectivity index (χ1v) is 15.6. The normalized spacial score (nSPS) is 15.6. The van der Waals surface area contributed by atoms with Gasteiger partial charge in [0.1, 0.15) is 5.78 Å². The van der Waals surface area contributed by atoms with Crippen molar-refractivity contribution in [3.63, 3.8) is 0 Å². The Kier molecular flexibility index (Phi) is 12.1. The van der Waals surface area contributed by atoms with E-state index in [9.17, 15) is 9.59 Å². The number of ether oxygens (including phenoxy) is 2. The number of methoxy groups -OCH3 is 1. The van der Waals surface area contributed by atoms with E-state index < -0.39 is 19.7 Å². The molecule has 5 nitrogen and oxygen atoms in total. The molecule has 0 fully saturated rings. The SMILES string of the molecule is COC(=O)/C=C/C(C)(C)C(=O)[C@H](C)[C@@H](O[Si](C)(C)C(C)(C)C)[C@@H](C)CCCOCc1ccccc1. The van der Waals surface area contributed by atoms with E-state index in [0.29, 0.717) is 13.2 Å². The molecule has 6 heteroatoms. The quantitative estimate of drug-likeness (QED) is 0.118. The standard InChI is InChI=1S/C29H48O5Si/c1-22(15-14-20-33-21-24-16-12-11-13-17-24)26(34-35(9,10)28(3,4)5)23(2)27(31)29(6,7)19-18-25(30)32-8/h11-13,16-19,22-23,26H,14-15,20-21H2,1-10H3/b19-18+/t22-,23+,26-/m0/s1. The lowest BCUT2D eigenvalue weighted by Crippen LogP contribution is -2.49. The van der Waals surface area contributed by atoms with Crippen LogP contribution in [0.4, 0.5) is 0 Å². The lowest BCUT2D eigenvalue weighted by molar-refractivity contribution is -0.134. The number of esters is 1. The van der Waals surface area contributed by atoms with Crippen LogP contribution in [0, 0.1) is 17.3 Å². The Morgan fingerprint density at radius 1 is 1.03 bits per heavy atom. The molecular weight excluding hydrogens is 456 g/mol. The first-order chi connectivity index (χ1) is 16.1. The third-order valence-corrected chi connectivity index (χ3v) is 11.7. The molecule has 0 aliphatic carbocycles. The monoisotopic (exact) mass is 504 g/mol. The van der Waals surface area contributed by atoms with E-state index in [1.165, 1.54) is 18.7 Å². The van der Waals surface area contributed by atoms with Gasteiger partial charge in [-0.1, -0.05) is 71.0 Å². The van der Waals surface area contributed by atoms with Crippen LogP contribution in [0.25, 0.3) is 0 Å². The molecule has 0 aliphatic rings. The van der Waals surface area contributed by atoms with Gasteiger partial charge >= 0.3 is 5.97 Å². The molecule has 0 amide bonds. The van der Waals surface area contributed by atoms with Crippen molar-refractivity contribution in [2.24, 2.45) is 17.3 Å². The molecule has 1 aromatic rings. The molecule has 0 N–H and O–H groups in total. The maximum absolute atomic E-state index is 13.6. The van der Waals surface area contributed by atoms with Crippen LogP contribution in [0.5, 0.6) is 0 Å². The molecule has 0 saturated heterocycles. The highest BCUT2D eigenvalue weighted by atomic mass is 28.4. The molecule has 198 valence electrons. The summed E-state index contributed by atoms with van der Waals surface area (Å²) < 4.78 is 17.5. The summed E-state index contributed by atoms with van der Waals surface area (Å²) in [6.07, 6.45) is 4.58. The van der Waals surface area contributed by atoms with Gasteiger partial charge in [0.25, 0.3) is 0 Å². The Morgan fingerprint density at radius 2 is 1.63 bits per heavy atom. The Morgan fingerprint density at radius 3 is 2.17 bits per heavy atom. The van der Waals surface area contributed by atoms with Gasteiger partial charge in [0, 0.05) is 24.0 Å². The number of hydrogen-bond acceptors (Lipinski definition) is 5. The Labute approximate surface area is 214 Å². The van der Waals surface area contributed by atoms with Gasteiger partial charge in [-0.25, -0.2) is 4.79 Å². The number of carbonyl (C=O) groups excluding carboxylic acids is 2. The van der Waals surface area contributed by atoms with Crippen LogP contribution in [0.1, 0.15) is 66.9 Å². The number of allylic oxidation sites excluding steroid dienone is 1. The van der Waals surface area contributed by atoms with Crippen LogP contribution in [0.15, 0.2) is 42.5 Å². The largest absolute Gasteiger partial charge is 0.466 e. The topological polar surface area (TPSA) is 61.8 Å². The average molecular weight is 505 g/mol. The van der Waals surface area contributed by atoms with Gasteiger partial charge in [0.15, 0.2) is 8.32 Å². The maximum atomic E-state index is 13.6. The number of benzene rings is 1. The Hall–Kier alpha value is -1.76. The van der Waals surface area contributed by atoms with E-state index >= 15 is 0 Å². The van der Waals surface area contributed by atoms with Crippen LogP contribution in [-0.2, 0) is 30.1 Å². The summed E-state index contributed by atoms with van der Waals surface area (Å²) in [6.45, 7) is 20.2. The number of rotatable bonds is 14. The van der Waals surface area contributed by atoms with Gasteiger partial charge < -0.3 is 13.9 Å². The van der Waals surface area contributed by atoms with Crippen molar-refractivity contribution in [1.29, 1.82) is 0 Å². The third kappa shape index (κ3) is 10.0. The molecule has 0 heterocycles. The molecule has 0 spiro atoms. The van der Waals surface area contributed by atoms with E-state index in [1.54, 1.807) is 6.08 Å². The van der Waals surface area contributed by atoms with Crippen molar-refractivity contribution in [1.82, 2.24) is 0 Å². The van der Waals surface area contributed by atoms with E-state index in [1.807, 2.05) is 39.0 Å². The summed E-state index contributed by atoms with van der Waals surface area (Å²) >= 11 is 0. The Bertz CT molecular complexity index is 823. The van der Waals surface area contributed by atoms with Gasteiger partial charge in [-0.2, -0.15) is 0 Å². The van der Waals surface area contributed by atoms with E-state index in [2.05, 4.69) is 52.9 Å². The number of hydrogen-bond donors (Lipinski definition) is 0. The van der Waals surface area contributed by atoms with Crippen molar-refractivity contribution >= 4 is 20.1 Å². The first-order valence-electron chi connectivity index (χ1n) is 12.7. The van der Waals surface area contributed by atoms with Gasteiger partial charge in [0.2, 0.25) is 0 Å². The first kappa shape index (κ1) is 31.3. The molecule has 0 unspecified atom stereocenters. The van der Waals surface area contributed by atoms with Crippen molar-refractivity contribution in [3.05, 3.63) is 48.0 Å². The molecule has 3 atom stereocenters. The van der Waals surface area contributed by atoms with Gasteiger partial charge in [-0.05, 0) is 56.3 Å². The van der Waals surface area contributed by atoms with Gasteiger partial charge in [0.05, 0.1) is 19.8 Å². The predicted molar refractivity (Wildman–Crippen MR) is 146 cm³/mol. The summed E-state index contributed by atoms with van der Waals surface area (Å²) in [6, 6.07) is 10.2. The van der Waals surface area contributed by atoms with Crippen molar-refractivity contribution in [2.75, 3.05) is 13.7 Å². The molecule has 0 saturated carbocycles. The van der Waals surface area contributed by atoms with Crippen molar-refractivity contribution < 1.29 is 23.5 Å². The van der Waals surface area contributed by atoms with Crippen molar-refractivity contribution in [3.8, 4) is 0 Å². The summed E-state index contributed by atoms with van der Waals surface area (Å²) in [4.78, 5) is 25.2. The van der Waals surface area contributed by atoms with Crippen LogP contribution in [0.2, 0.25) is 18.1 Å². The molecule has 0 aliphatic heterocycles. The molecular formula is C29H48O5Si. The lowest BCUT2D eigenvalue weighted by atomic mass is 9.76.